The summed E-state index contributed by atoms with van der Waals surface area (Å²) in [6.45, 7) is 3.19. The Balaban J connectivity index is 1.93. The maximum Gasteiger partial charge on any atom is 0.166 e. The number of nitrogens with one attached hydrogen (secondary N) is 1. The minimum Gasteiger partial charge on any atom is -0.364 e. The highest BCUT2D eigenvalue weighted by Gasteiger charge is 2.28. The van der Waals surface area contributed by atoms with Gasteiger partial charge in [0.1, 0.15) is 5.82 Å². The van der Waals surface area contributed by atoms with Crippen molar-refractivity contribution in [1.82, 2.24) is 4.98 Å². The van der Waals surface area contributed by atoms with Crippen molar-refractivity contribution in [1.29, 1.82) is 0 Å². The molecule has 1 aliphatic rings. The van der Waals surface area contributed by atoms with Gasteiger partial charge in [-0.05, 0) is 49.8 Å². The molecule has 0 bridgehead atoms. The van der Waals surface area contributed by atoms with Crippen LogP contribution in [0, 0.1) is 12.7 Å². The van der Waals surface area contributed by atoms with E-state index in [1.165, 1.54) is 13.0 Å². The van der Waals surface area contributed by atoms with Crippen molar-refractivity contribution < 1.29 is 14.0 Å². The second kappa shape index (κ2) is 5.52. The zero-order valence-electron chi connectivity index (χ0n) is 12.7. The summed E-state index contributed by atoms with van der Waals surface area (Å²) in [5.74, 6) is -0.393. The van der Waals surface area contributed by atoms with Crippen LogP contribution >= 0.6 is 0 Å². The largest absolute Gasteiger partial charge is 0.364 e. The Morgan fingerprint density at radius 1 is 1.36 bits per heavy atom. The summed E-state index contributed by atoms with van der Waals surface area (Å²) in [6, 6.07) is 5.17. The summed E-state index contributed by atoms with van der Waals surface area (Å²) in [5.41, 5.74) is 3.28. The monoisotopic (exact) mass is 299 g/mol. The fourth-order valence-corrected chi connectivity index (χ4v) is 3.15. The number of ketones is 2. The number of rotatable bonds is 2. The number of Topliss-reactive ketones (excluding diaryl/α,β-unsaturated/α-hetero) is 2. The summed E-state index contributed by atoms with van der Waals surface area (Å²) >= 11 is 0. The van der Waals surface area contributed by atoms with Gasteiger partial charge in [-0.25, -0.2) is 4.39 Å². The average molecular weight is 299 g/mol. The molecule has 0 aliphatic heterocycles. The normalized spacial score (nSPS) is 18.0. The van der Waals surface area contributed by atoms with Gasteiger partial charge in [-0.3, -0.25) is 9.59 Å². The third kappa shape index (κ3) is 2.49. The third-order valence-electron chi connectivity index (χ3n) is 4.46. The number of carbonyl (C=O) groups is 2. The smallest absolute Gasteiger partial charge is 0.166 e. The van der Waals surface area contributed by atoms with Crippen LogP contribution in [-0.4, -0.2) is 16.6 Å². The first-order valence-electron chi connectivity index (χ1n) is 7.47. The second-order valence-corrected chi connectivity index (χ2v) is 5.98. The van der Waals surface area contributed by atoms with Gasteiger partial charge in [0.25, 0.3) is 0 Å². The molecule has 0 amide bonds. The molecule has 114 valence electrons. The molecule has 1 aliphatic carbocycles. The maximum absolute atomic E-state index is 13.8. The first-order chi connectivity index (χ1) is 10.5. The number of hydrogen-bond donors (Lipinski definition) is 1. The molecule has 2 aromatic rings. The molecule has 4 heteroatoms. The number of fused-ring (bicyclic) bond motifs is 1. The van der Waals surface area contributed by atoms with Crippen LogP contribution in [0.5, 0.6) is 0 Å². The van der Waals surface area contributed by atoms with E-state index >= 15 is 0 Å². The van der Waals surface area contributed by atoms with E-state index in [0.717, 1.165) is 17.7 Å². The van der Waals surface area contributed by atoms with Crippen LogP contribution in [0.4, 0.5) is 4.39 Å². The van der Waals surface area contributed by atoms with E-state index < -0.39 is 0 Å². The Morgan fingerprint density at radius 2 is 2.14 bits per heavy atom. The second-order valence-electron chi connectivity index (χ2n) is 5.98. The van der Waals surface area contributed by atoms with Gasteiger partial charge in [0, 0.05) is 29.4 Å². The quantitative estimate of drug-likeness (QED) is 0.674. The zero-order valence-corrected chi connectivity index (χ0v) is 12.7. The number of aromatic nitrogens is 1. The number of benzene rings is 1. The highest BCUT2D eigenvalue weighted by molar-refractivity contribution is 6.09. The van der Waals surface area contributed by atoms with Gasteiger partial charge >= 0.3 is 0 Å². The van der Waals surface area contributed by atoms with Gasteiger partial charge < -0.3 is 4.98 Å². The van der Waals surface area contributed by atoms with Gasteiger partial charge in [-0.1, -0.05) is 12.1 Å². The predicted molar refractivity (Wildman–Crippen MR) is 81.9 cm³/mol. The number of H-pyrrole nitrogens is 1. The SMILES string of the molecule is CC(=O)c1c[nH]c2c1C(=O)CC(c1ccc(C)c(F)c1)CC2. The fraction of sp³-hybridized carbons (Fsp3) is 0.333. The highest BCUT2D eigenvalue weighted by Crippen LogP contribution is 2.33. The molecule has 1 atom stereocenters. The molecule has 3 rings (SSSR count). The molecule has 1 heterocycles. The Kier molecular flexibility index (Phi) is 3.69. The lowest BCUT2D eigenvalue weighted by molar-refractivity contribution is 0.0957. The molecular weight excluding hydrogens is 281 g/mol. The molecule has 1 unspecified atom stereocenters. The lowest BCUT2D eigenvalue weighted by atomic mass is 9.90. The van der Waals surface area contributed by atoms with E-state index in [1.54, 1.807) is 19.2 Å². The van der Waals surface area contributed by atoms with Crippen molar-refractivity contribution in [3.05, 3.63) is 58.2 Å². The fourth-order valence-electron chi connectivity index (χ4n) is 3.15. The third-order valence-corrected chi connectivity index (χ3v) is 4.46. The molecule has 3 nitrogen and oxygen atoms in total. The van der Waals surface area contributed by atoms with E-state index in [0.29, 0.717) is 29.5 Å². The standard InChI is InChI=1S/C18H18FNO2/c1-10-3-4-12(7-15(10)19)13-5-6-16-18(17(22)8-13)14(9-20-16)11(2)21/h3-4,7,9,13,20H,5-6,8H2,1-2H3. The van der Waals surface area contributed by atoms with Crippen molar-refractivity contribution in [2.24, 2.45) is 0 Å². The van der Waals surface area contributed by atoms with Crippen molar-refractivity contribution in [3.63, 3.8) is 0 Å². The molecule has 0 spiro atoms. The van der Waals surface area contributed by atoms with Crippen LogP contribution in [0.1, 0.15) is 63.2 Å². The summed E-state index contributed by atoms with van der Waals surface area (Å²) < 4.78 is 13.8. The Labute approximate surface area is 128 Å². The molecular formula is C18H18FNO2. The van der Waals surface area contributed by atoms with E-state index in [9.17, 15) is 14.0 Å². The molecule has 1 aromatic carbocycles. The Bertz CT molecular complexity index is 760. The van der Waals surface area contributed by atoms with Crippen molar-refractivity contribution in [2.45, 2.75) is 39.0 Å². The molecule has 0 saturated carbocycles. The Hall–Kier alpha value is -2.23. The molecule has 1 N–H and O–H groups in total. The zero-order chi connectivity index (χ0) is 15.9. The van der Waals surface area contributed by atoms with Crippen LogP contribution < -0.4 is 0 Å². The Morgan fingerprint density at radius 3 is 2.82 bits per heavy atom. The first kappa shape index (κ1) is 14.7. The van der Waals surface area contributed by atoms with Gasteiger partial charge in [0.15, 0.2) is 11.6 Å². The first-order valence-corrected chi connectivity index (χ1v) is 7.47. The highest BCUT2D eigenvalue weighted by atomic mass is 19.1. The number of hydrogen-bond acceptors (Lipinski definition) is 2. The average Bonchev–Trinajstić information content (AvgIpc) is 2.83. The molecule has 1 aromatic heterocycles. The van der Waals surface area contributed by atoms with Crippen molar-refractivity contribution >= 4 is 11.6 Å². The summed E-state index contributed by atoms with van der Waals surface area (Å²) in [7, 11) is 0. The number of aryl methyl sites for hydroxylation is 2. The van der Waals surface area contributed by atoms with E-state index in [2.05, 4.69) is 4.98 Å². The molecule has 0 saturated heterocycles. The lowest BCUT2D eigenvalue weighted by Crippen LogP contribution is -2.08. The predicted octanol–water partition coefficient (Wildman–Crippen LogP) is 3.97. The summed E-state index contributed by atoms with van der Waals surface area (Å²) in [6.07, 6.45) is 3.39. The van der Waals surface area contributed by atoms with E-state index in [-0.39, 0.29) is 23.3 Å². The van der Waals surface area contributed by atoms with Gasteiger partial charge in [0.2, 0.25) is 0 Å². The van der Waals surface area contributed by atoms with Crippen LogP contribution in [-0.2, 0) is 6.42 Å². The minimum absolute atomic E-state index is 0.0109. The molecule has 0 radical (unpaired) electrons. The van der Waals surface area contributed by atoms with E-state index in [1.807, 2.05) is 6.07 Å². The molecule has 0 fully saturated rings. The number of halogens is 1. The molecule has 22 heavy (non-hydrogen) atoms. The summed E-state index contributed by atoms with van der Waals surface area (Å²) in [4.78, 5) is 27.3. The maximum atomic E-state index is 13.8. The van der Waals surface area contributed by atoms with Gasteiger partial charge in [-0.15, -0.1) is 0 Å². The summed E-state index contributed by atoms with van der Waals surface area (Å²) in [5, 5.41) is 0. The van der Waals surface area contributed by atoms with Crippen LogP contribution in [0.25, 0.3) is 0 Å². The van der Waals surface area contributed by atoms with Gasteiger partial charge in [-0.2, -0.15) is 0 Å². The van der Waals surface area contributed by atoms with Crippen LogP contribution in [0.2, 0.25) is 0 Å². The van der Waals surface area contributed by atoms with E-state index in [4.69, 9.17) is 0 Å². The van der Waals surface area contributed by atoms with Gasteiger partial charge in [0.05, 0.1) is 0 Å². The lowest BCUT2D eigenvalue weighted by Gasteiger charge is -2.14. The number of carbonyl (C=O) groups excluding carboxylic acids is 2. The topological polar surface area (TPSA) is 49.9 Å². The van der Waals surface area contributed by atoms with Crippen LogP contribution in [0.15, 0.2) is 24.4 Å². The number of aromatic amines is 1. The minimum atomic E-state index is -0.239. The van der Waals surface area contributed by atoms with Crippen molar-refractivity contribution in [2.75, 3.05) is 0 Å². The van der Waals surface area contributed by atoms with Crippen molar-refractivity contribution in [3.8, 4) is 0 Å². The van der Waals surface area contributed by atoms with Crippen LogP contribution in [0.3, 0.4) is 0 Å².